The highest BCUT2D eigenvalue weighted by Gasteiger charge is 2.06. The Morgan fingerprint density at radius 3 is 2.45 bits per heavy atom. The first-order valence-corrected chi connectivity index (χ1v) is 6.84. The van der Waals surface area contributed by atoms with Crippen LogP contribution in [-0.2, 0) is 0 Å². The van der Waals surface area contributed by atoms with Crippen LogP contribution in [0.3, 0.4) is 0 Å². The van der Waals surface area contributed by atoms with Crippen LogP contribution in [-0.4, -0.2) is 31.7 Å². The van der Waals surface area contributed by atoms with Crippen molar-refractivity contribution in [1.82, 2.24) is 10.6 Å². The van der Waals surface area contributed by atoms with Crippen molar-refractivity contribution in [1.29, 1.82) is 0 Å². The first kappa shape index (κ1) is 19.0. The van der Waals surface area contributed by atoms with Crippen LogP contribution >= 0.6 is 24.0 Å². The summed E-state index contributed by atoms with van der Waals surface area (Å²) in [7, 11) is 1.78. The van der Waals surface area contributed by atoms with Gasteiger partial charge in [0.15, 0.2) is 5.96 Å². The van der Waals surface area contributed by atoms with E-state index < -0.39 is 0 Å². The lowest BCUT2D eigenvalue weighted by molar-refractivity contribution is 0.223. The fourth-order valence-electron chi connectivity index (χ4n) is 1.54. The van der Waals surface area contributed by atoms with Gasteiger partial charge in [0.2, 0.25) is 0 Å². The summed E-state index contributed by atoms with van der Waals surface area (Å²) in [5, 5.41) is 6.59. The van der Waals surface area contributed by atoms with E-state index in [2.05, 4.69) is 29.5 Å². The number of benzene rings is 1. The third-order valence-electron chi connectivity index (χ3n) is 2.86. The number of ether oxygens (including phenoxy) is 1. The standard InChI is InChI=1S/C15H25N3O.HI/c1-5-12(2)18-15(16-4)17-11-13(3)19-14-9-7-6-8-10-14;/h6-10,12-13H,5,11H2,1-4H3,(H2,16,17,18);1H. The Morgan fingerprint density at radius 2 is 1.90 bits per heavy atom. The number of para-hydroxylation sites is 1. The second-order valence-corrected chi connectivity index (χ2v) is 4.65. The van der Waals surface area contributed by atoms with Gasteiger partial charge in [0.25, 0.3) is 0 Å². The monoisotopic (exact) mass is 391 g/mol. The Kier molecular flexibility index (Phi) is 10.2. The molecule has 20 heavy (non-hydrogen) atoms. The molecule has 1 aromatic carbocycles. The summed E-state index contributed by atoms with van der Waals surface area (Å²) in [6.07, 6.45) is 1.15. The van der Waals surface area contributed by atoms with E-state index in [4.69, 9.17) is 4.74 Å². The molecule has 0 radical (unpaired) electrons. The molecule has 0 aliphatic heterocycles. The predicted octanol–water partition coefficient (Wildman–Crippen LogP) is 3.04. The molecule has 0 heterocycles. The average molecular weight is 391 g/mol. The summed E-state index contributed by atoms with van der Waals surface area (Å²) in [5.74, 6) is 1.71. The first-order valence-electron chi connectivity index (χ1n) is 6.84. The zero-order valence-corrected chi connectivity index (χ0v) is 15.0. The Labute approximate surface area is 139 Å². The van der Waals surface area contributed by atoms with E-state index in [9.17, 15) is 0 Å². The van der Waals surface area contributed by atoms with Crippen LogP contribution in [0, 0.1) is 0 Å². The lowest BCUT2D eigenvalue weighted by Crippen LogP contribution is -2.45. The Morgan fingerprint density at radius 1 is 1.25 bits per heavy atom. The maximum Gasteiger partial charge on any atom is 0.191 e. The molecule has 0 fully saturated rings. The van der Waals surface area contributed by atoms with E-state index in [0.717, 1.165) is 18.1 Å². The number of aliphatic imine (C=N–C) groups is 1. The molecule has 0 aromatic heterocycles. The summed E-state index contributed by atoms with van der Waals surface area (Å²) in [5.41, 5.74) is 0. The fraction of sp³-hybridized carbons (Fsp3) is 0.533. The Balaban J connectivity index is 0.00000361. The van der Waals surface area contributed by atoms with Crippen molar-refractivity contribution >= 4 is 29.9 Å². The van der Waals surface area contributed by atoms with Crippen LogP contribution in [0.15, 0.2) is 35.3 Å². The number of hydrogen-bond donors (Lipinski definition) is 2. The quantitative estimate of drug-likeness (QED) is 0.445. The lowest BCUT2D eigenvalue weighted by Gasteiger charge is -2.19. The van der Waals surface area contributed by atoms with Gasteiger partial charge in [-0.25, -0.2) is 0 Å². The van der Waals surface area contributed by atoms with Gasteiger partial charge in [-0.1, -0.05) is 25.1 Å². The minimum atomic E-state index is 0. The van der Waals surface area contributed by atoms with Crippen molar-refractivity contribution in [3.63, 3.8) is 0 Å². The van der Waals surface area contributed by atoms with E-state index in [1.807, 2.05) is 37.3 Å². The van der Waals surface area contributed by atoms with Gasteiger partial charge < -0.3 is 15.4 Å². The molecule has 0 amide bonds. The topological polar surface area (TPSA) is 45.7 Å². The number of nitrogens with one attached hydrogen (secondary N) is 2. The smallest absolute Gasteiger partial charge is 0.191 e. The normalized spacial score (nSPS) is 13.9. The van der Waals surface area contributed by atoms with E-state index >= 15 is 0 Å². The Bertz CT molecular complexity index is 384. The SMILES string of the molecule is CCC(C)NC(=NC)NCC(C)Oc1ccccc1.I. The molecule has 1 aromatic rings. The molecule has 2 N–H and O–H groups in total. The molecule has 0 spiro atoms. The third kappa shape index (κ3) is 7.57. The van der Waals surface area contributed by atoms with E-state index in [1.165, 1.54) is 0 Å². The van der Waals surface area contributed by atoms with Crippen molar-refractivity contribution in [3.05, 3.63) is 30.3 Å². The van der Waals surface area contributed by atoms with Gasteiger partial charge in [-0.3, -0.25) is 4.99 Å². The van der Waals surface area contributed by atoms with Crippen molar-refractivity contribution in [2.45, 2.75) is 39.3 Å². The Hall–Kier alpha value is -0.980. The van der Waals surface area contributed by atoms with Gasteiger partial charge >= 0.3 is 0 Å². The predicted molar refractivity (Wildman–Crippen MR) is 96.2 cm³/mol. The van der Waals surface area contributed by atoms with Crippen molar-refractivity contribution in [3.8, 4) is 5.75 Å². The molecular formula is C15H26IN3O. The number of rotatable bonds is 6. The molecule has 0 saturated heterocycles. The van der Waals surface area contributed by atoms with Crippen LogP contribution < -0.4 is 15.4 Å². The first-order chi connectivity index (χ1) is 9.15. The van der Waals surface area contributed by atoms with Crippen LogP contribution in [0.1, 0.15) is 27.2 Å². The molecule has 5 heteroatoms. The van der Waals surface area contributed by atoms with Gasteiger partial charge in [0.1, 0.15) is 11.9 Å². The summed E-state index contributed by atoms with van der Waals surface area (Å²) in [4.78, 5) is 4.19. The lowest BCUT2D eigenvalue weighted by atomic mass is 10.3. The minimum Gasteiger partial charge on any atom is -0.489 e. The highest BCUT2D eigenvalue weighted by molar-refractivity contribution is 14.0. The maximum absolute atomic E-state index is 5.80. The highest BCUT2D eigenvalue weighted by atomic mass is 127. The van der Waals surface area contributed by atoms with Gasteiger partial charge in [0, 0.05) is 13.1 Å². The second-order valence-electron chi connectivity index (χ2n) is 4.65. The number of halogens is 1. The summed E-state index contributed by atoms with van der Waals surface area (Å²) >= 11 is 0. The second kappa shape index (κ2) is 10.8. The molecule has 0 aliphatic carbocycles. The molecule has 0 saturated carbocycles. The fourth-order valence-corrected chi connectivity index (χ4v) is 1.54. The highest BCUT2D eigenvalue weighted by Crippen LogP contribution is 2.10. The number of hydrogen-bond acceptors (Lipinski definition) is 2. The van der Waals surface area contributed by atoms with E-state index in [0.29, 0.717) is 12.6 Å². The van der Waals surface area contributed by atoms with Crippen molar-refractivity contribution in [2.24, 2.45) is 4.99 Å². The molecule has 2 atom stereocenters. The maximum atomic E-state index is 5.80. The van der Waals surface area contributed by atoms with Crippen LogP contribution in [0.5, 0.6) is 5.75 Å². The van der Waals surface area contributed by atoms with Crippen LogP contribution in [0.2, 0.25) is 0 Å². The third-order valence-corrected chi connectivity index (χ3v) is 2.86. The average Bonchev–Trinajstić information content (AvgIpc) is 2.44. The minimum absolute atomic E-state index is 0. The van der Waals surface area contributed by atoms with Crippen LogP contribution in [0.4, 0.5) is 0 Å². The molecule has 1 rings (SSSR count). The molecule has 0 aliphatic rings. The summed E-state index contributed by atoms with van der Waals surface area (Å²) in [6.45, 7) is 7.03. The van der Waals surface area contributed by atoms with Gasteiger partial charge in [-0.05, 0) is 32.4 Å². The molecule has 2 unspecified atom stereocenters. The van der Waals surface area contributed by atoms with Crippen molar-refractivity contribution < 1.29 is 4.74 Å². The number of nitrogens with zero attached hydrogens (tertiary/aromatic N) is 1. The molecule has 0 bridgehead atoms. The zero-order chi connectivity index (χ0) is 14.1. The van der Waals surface area contributed by atoms with E-state index in [1.54, 1.807) is 7.05 Å². The van der Waals surface area contributed by atoms with Gasteiger partial charge in [0.05, 0.1) is 6.54 Å². The van der Waals surface area contributed by atoms with Crippen molar-refractivity contribution in [2.75, 3.05) is 13.6 Å². The summed E-state index contributed by atoms with van der Waals surface area (Å²) in [6, 6.07) is 10.3. The van der Waals surface area contributed by atoms with Crippen LogP contribution in [0.25, 0.3) is 0 Å². The molecule has 114 valence electrons. The number of guanidine groups is 1. The van der Waals surface area contributed by atoms with Gasteiger partial charge in [-0.15, -0.1) is 24.0 Å². The largest absolute Gasteiger partial charge is 0.489 e. The zero-order valence-electron chi connectivity index (χ0n) is 12.7. The summed E-state index contributed by atoms with van der Waals surface area (Å²) < 4.78 is 5.80. The van der Waals surface area contributed by atoms with Gasteiger partial charge in [-0.2, -0.15) is 0 Å². The van der Waals surface area contributed by atoms with E-state index in [-0.39, 0.29) is 30.1 Å². The molecular weight excluding hydrogens is 365 g/mol. The molecule has 4 nitrogen and oxygen atoms in total.